The summed E-state index contributed by atoms with van der Waals surface area (Å²) in [5.74, 6) is -0.631. The molecule has 0 radical (unpaired) electrons. The lowest BCUT2D eigenvalue weighted by Gasteiger charge is -2.26. The number of nitrogens with zero attached hydrogens (tertiary/aromatic N) is 1. The molecule has 1 aliphatic heterocycles. The van der Waals surface area contributed by atoms with Gasteiger partial charge in [0.1, 0.15) is 23.3 Å². The number of furan rings is 1. The van der Waals surface area contributed by atoms with Crippen LogP contribution in [0.2, 0.25) is 5.02 Å². The van der Waals surface area contributed by atoms with Crippen LogP contribution in [0, 0.1) is 6.92 Å². The average molecular weight is 419 g/mol. The van der Waals surface area contributed by atoms with Crippen LogP contribution in [0.1, 0.15) is 23.1 Å². The van der Waals surface area contributed by atoms with Gasteiger partial charge in [-0.2, -0.15) is 0 Å². The minimum absolute atomic E-state index is 0.126. The summed E-state index contributed by atoms with van der Waals surface area (Å²) >= 11 is 6.15. The minimum atomic E-state index is -0.864. The third-order valence-electron chi connectivity index (χ3n) is 4.83. The van der Waals surface area contributed by atoms with Gasteiger partial charge < -0.3 is 24.1 Å². The Hall–Kier alpha value is -2.77. The van der Waals surface area contributed by atoms with Gasteiger partial charge in [0.25, 0.3) is 5.91 Å². The van der Waals surface area contributed by atoms with Crippen molar-refractivity contribution >= 4 is 29.1 Å². The first-order valence-electron chi connectivity index (χ1n) is 9.20. The van der Waals surface area contributed by atoms with Crippen LogP contribution < -0.4 is 14.7 Å². The van der Waals surface area contributed by atoms with Crippen molar-refractivity contribution in [2.45, 2.75) is 13.0 Å². The molecule has 0 bridgehead atoms. The second kappa shape index (κ2) is 8.31. The molecule has 1 unspecified atom stereocenters. The van der Waals surface area contributed by atoms with Crippen LogP contribution in [0.25, 0.3) is 5.76 Å². The fourth-order valence-electron chi connectivity index (χ4n) is 3.30. The van der Waals surface area contributed by atoms with Crippen molar-refractivity contribution in [3.8, 4) is 5.75 Å². The molecule has 8 heteroatoms. The Morgan fingerprint density at radius 1 is 1.28 bits per heavy atom. The first kappa shape index (κ1) is 21.0. The summed E-state index contributed by atoms with van der Waals surface area (Å²) in [5, 5.41) is 13.5. The summed E-state index contributed by atoms with van der Waals surface area (Å²) in [7, 11) is 5.36. The van der Waals surface area contributed by atoms with Crippen molar-refractivity contribution in [3.05, 3.63) is 58.0 Å². The topological polar surface area (TPSA) is 87.2 Å². The van der Waals surface area contributed by atoms with E-state index < -0.39 is 23.5 Å². The SMILES string of the molecule is COc1ccc(C([O-])=C2C(=O)C(=O)N(CC[NH+](C)C)C2c2ccc(C)o2)cc1Cl. The van der Waals surface area contributed by atoms with E-state index in [4.69, 9.17) is 20.8 Å². The quantitative estimate of drug-likeness (QED) is 0.422. The molecule has 1 aliphatic rings. The predicted molar refractivity (Wildman–Crippen MR) is 106 cm³/mol. The zero-order chi connectivity index (χ0) is 21.3. The number of hydrogen-bond acceptors (Lipinski definition) is 5. The monoisotopic (exact) mass is 418 g/mol. The maximum Gasteiger partial charge on any atom is 0.295 e. The fourth-order valence-corrected chi connectivity index (χ4v) is 3.56. The Morgan fingerprint density at radius 3 is 2.55 bits per heavy atom. The summed E-state index contributed by atoms with van der Waals surface area (Å²) in [6.45, 7) is 2.70. The van der Waals surface area contributed by atoms with Gasteiger partial charge in [-0.15, -0.1) is 0 Å². The molecule has 0 aliphatic carbocycles. The number of benzene rings is 1. The van der Waals surface area contributed by atoms with E-state index in [1.807, 2.05) is 14.1 Å². The number of amides is 1. The molecule has 2 aromatic rings. The van der Waals surface area contributed by atoms with Crippen LogP contribution in [0.4, 0.5) is 0 Å². The van der Waals surface area contributed by atoms with Gasteiger partial charge in [-0.05, 0) is 36.8 Å². The van der Waals surface area contributed by atoms with Gasteiger partial charge in [0.15, 0.2) is 0 Å². The molecule has 7 nitrogen and oxygen atoms in total. The van der Waals surface area contributed by atoms with Crippen LogP contribution in [0.3, 0.4) is 0 Å². The largest absolute Gasteiger partial charge is 0.872 e. The molecule has 29 heavy (non-hydrogen) atoms. The van der Waals surface area contributed by atoms with Gasteiger partial charge in [0.05, 0.1) is 39.3 Å². The fraction of sp³-hybridized carbons (Fsp3) is 0.333. The molecule has 1 saturated heterocycles. The number of ether oxygens (including phenoxy) is 1. The van der Waals surface area contributed by atoms with Gasteiger partial charge >= 0.3 is 0 Å². The highest BCUT2D eigenvalue weighted by molar-refractivity contribution is 6.46. The number of hydrogen-bond donors (Lipinski definition) is 1. The van der Waals surface area contributed by atoms with Gasteiger partial charge in [-0.25, -0.2) is 0 Å². The smallest absolute Gasteiger partial charge is 0.295 e. The molecule has 2 heterocycles. The average Bonchev–Trinajstić information content (AvgIpc) is 3.21. The van der Waals surface area contributed by atoms with Crippen molar-refractivity contribution in [3.63, 3.8) is 0 Å². The number of carbonyl (C=O) groups excluding carboxylic acids is 2. The normalized spacial score (nSPS) is 18.7. The molecule has 3 rings (SSSR count). The molecule has 1 atom stereocenters. The Balaban J connectivity index is 2.13. The number of carbonyl (C=O) groups is 2. The molecule has 0 spiro atoms. The van der Waals surface area contributed by atoms with Crippen molar-refractivity contribution in [1.82, 2.24) is 4.90 Å². The van der Waals surface area contributed by atoms with Crippen molar-refractivity contribution in [1.29, 1.82) is 0 Å². The highest BCUT2D eigenvalue weighted by atomic mass is 35.5. The van der Waals surface area contributed by atoms with Crippen LogP contribution in [-0.4, -0.2) is 50.9 Å². The lowest BCUT2D eigenvalue weighted by molar-refractivity contribution is -0.857. The second-order valence-corrected chi connectivity index (χ2v) is 7.64. The van der Waals surface area contributed by atoms with Gasteiger partial charge in [0, 0.05) is 5.57 Å². The zero-order valence-electron chi connectivity index (χ0n) is 16.7. The van der Waals surface area contributed by atoms with E-state index in [1.54, 1.807) is 25.1 Å². The van der Waals surface area contributed by atoms with Gasteiger partial charge in [-0.1, -0.05) is 23.4 Å². The zero-order valence-corrected chi connectivity index (χ0v) is 17.5. The molecule has 154 valence electrons. The molecular weight excluding hydrogens is 396 g/mol. The predicted octanol–water partition coefficient (Wildman–Crippen LogP) is 0.619. The van der Waals surface area contributed by atoms with E-state index in [9.17, 15) is 14.7 Å². The summed E-state index contributed by atoms with van der Waals surface area (Å²) in [6, 6.07) is 7.08. The van der Waals surface area contributed by atoms with Crippen LogP contribution in [0.15, 0.2) is 40.3 Å². The second-order valence-electron chi connectivity index (χ2n) is 7.23. The van der Waals surface area contributed by atoms with E-state index >= 15 is 0 Å². The Labute approximate surface area is 174 Å². The van der Waals surface area contributed by atoms with Crippen LogP contribution in [0.5, 0.6) is 5.75 Å². The first-order chi connectivity index (χ1) is 13.7. The van der Waals surface area contributed by atoms with E-state index in [0.29, 0.717) is 30.4 Å². The number of aryl methyl sites for hydroxylation is 1. The molecule has 1 aromatic carbocycles. The van der Waals surface area contributed by atoms with Crippen molar-refractivity contribution in [2.75, 3.05) is 34.3 Å². The van der Waals surface area contributed by atoms with Crippen LogP contribution >= 0.6 is 11.6 Å². The number of ketones is 1. The van der Waals surface area contributed by atoms with E-state index in [2.05, 4.69) is 0 Å². The van der Waals surface area contributed by atoms with E-state index in [-0.39, 0.29) is 16.2 Å². The lowest BCUT2D eigenvalue weighted by Crippen LogP contribution is -3.06. The third-order valence-corrected chi connectivity index (χ3v) is 5.12. The molecule has 0 saturated carbocycles. The Kier molecular flexibility index (Phi) is 6.00. The van der Waals surface area contributed by atoms with Crippen LogP contribution in [-0.2, 0) is 9.59 Å². The Bertz CT molecular complexity index is 979. The maximum atomic E-state index is 13.2. The number of likely N-dealkylation sites (N-methyl/N-ethyl adjacent to an activating group) is 1. The van der Waals surface area contributed by atoms with E-state index in [0.717, 1.165) is 4.90 Å². The van der Waals surface area contributed by atoms with Gasteiger partial charge in [-0.3, -0.25) is 9.59 Å². The molecular formula is C21H23ClN2O5. The number of Topliss-reactive ketones (excluding diaryl/α,β-unsaturated/α-hetero) is 1. The van der Waals surface area contributed by atoms with Crippen molar-refractivity contribution in [2.24, 2.45) is 0 Å². The molecule has 1 amide bonds. The minimum Gasteiger partial charge on any atom is -0.872 e. The number of nitrogens with one attached hydrogen (secondary N) is 1. The summed E-state index contributed by atoms with van der Waals surface area (Å²) in [4.78, 5) is 28.1. The van der Waals surface area contributed by atoms with Gasteiger partial charge in [0.2, 0.25) is 5.78 Å². The number of likely N-dealkylation sites (tertiary alicyclic amines) is 1. The summed E-state index contributed by atoms with van der Waals surface area (Å²) in [5.41, 5.74) is 0.0830. The number of quaternary nitrogens is 1. The highest BCUT2D eigenvalue weighted by Gasteiger charge is 2.45. The molecule has 1 N–H and O–H groups in total. The number of halogens is 1. The lowest BCUT2D eigenvalue weighted by atomic mass is 9.99. The number of methoxy groups -OCH3 is 1. The highest BCUT2D eigenvalue weighted by Crippen LogP contribution is 2.39. The maximum absolute atomic E-state index is 13.2. The Morgan fingerprint density at radius 2 is 2.00 bits per heavy atom. The van der Waals surface area contributed by atoms with E-state index in [1.165, 1.54) is 24.1 Å². The first-order valence-corrected chi connectivity index (χ1v) is 9.58. The molecule has 1 fully saturated rings. The standard InChI is InChI=1S/C21H23ClN2O5/c1-12-5-7-16(29-12)18-17(20(26)21(27)24(18)10-9-23(2)3)19(25)13-6-8-15(28-4)14(22)11-13/h5-8,11,18,25H,9-10H2,1-4H3. The van der Waals surface area contributed by atoms with Crippen molar-refractivity contribution < 1.29 is 28.7 Å². The molecule has 1 aromatic heterocycles. The third kappa shape index (κ3) is 4.02. The summed E-state index contributed by atoms with van der Waals surface area (Å²) < 4.78 is 10.8. The summed E-state index contributed by atoms with van der Waals surface area (Å²) in [6.07, 6.45) is 0. The number of rotatable bonds is 6.